The number of likely N-dealkylation sites (N-methyl/N-ethyl adjacent to an activating group) is 1. The van der Waals surface area contributed by atoms with Crippen molar-refractivity contribution in [3.8, 4) is 0 Å². The van der Waals surface area contributed by atoms with E-state index in [-0.39, 0.29) is 0 Å². The first-order valence-corrected chi connectivity index (χ1v) is 7.81. The number of quaternary nitrogens is 1. The molecule has 0 radical (unpaired) electrons. The molecule has 1 aliphatic heterocycles. The summed E-state index contributed by atoms with van der Waals surface area (Å²) in [5.74, 6) is -0.115. The number of hydrazone groups is 1. The summed E-state index contributed by atoms with van der Waals surface area (Å²) in [4.78, 5) is 15.6. The maximum absolute atomic E-state index is 12.2. The average molecular weight is 326 g/mol. The fourth-order valence-corrected chi connectivity index (χ4v) is 2.38. The van der Waals surface area contributed by atoms with Crippen molar-refractivity contribution in [1.29, 1.82) is 0 Å². The van der Waals surface area contributed by atoms with Gasteiger partial charge >= 0.3 is 5.97 Å². The molecule has 0 aromatic heterocycles. The molecule has 0 amide bonds. The fourth-order valence-electron chi connectivity index (χ4n) is 2.21. The molecule has 2 N–H and O–H groups in total. The molecule has 2 rings (SSSR count). The summed E-state index contributed by atoms with van der Waals surface area (Å²) >= 11 is 6.09. The van der Waals surface area contributed by atoms with E-state index in [1.165, 1.54) is 4.90 Å². The number of halogens is 1. The van der Waals surface area contributed by atoms with E-state index in [1.54, 1.807) is 13.0 Å². The minimum Gasteiger partial charge on any atom is -0.460 e. The van der Waals surface area contributed by atoms with Gasteiger partial charge in [-0.15, -0.1) is 5.10 Å². The Kier molecular flexibility index (Phi) is 6.03. The van der Waals surface area contributed by atoms with E-state index in [4.69, 9.17) is 16.3 Å². The number of para-hydroxylation sites is 1. The zero-order valence-electron chi connectivity index (χ0n) is 12.9. The molecule has 6 nitrogen and oxygen atoms in total. The summed E-state index contributed by atoms with van der Waals surface area (Å²) in [5, 5.41) is 4.80. The number of ether oxygens (including phenoxy) is 1. The average Bonchev–Trinajstić information content (AvgIpc) is 2.51. The number of carbonyl (C=O) groups is 1. The molecule has 1 fully saturated rings. The number of benzene rings is 1. The van der Waals surface area contributed by atoms with Gasteiger partial charge in [-0.2, -0.15) is 0 Å². The maximum atomic E-state index is 12.2. The van der Waals surface area contributed by atoms with Crippen LogP contribution in [0.15, 0.2) is 29.4 Å². The van der Waals surface area contributed by atoms with Gasteiger partial charge in [0.2, 0.25) is 5.84 Å². The molecule has 0 saturated carbocycles. The molecule has 0 unspecified atom stereocenters. The monoisotopic (exact) mass is 325 g/mol. The Morgan fingerprint density at radius 2 is 2.09 bits per heavy atom. The number of esters is 1. The summed E-state index contributed by atoms with van der Waals surface area (Å²) in [5.41, 5.74) is 3.53. The minimum absolute atomic E-state index is 0.300. The zero-order valence-corrected chi connectivity index (χ0v) is 13.7. The smallest absolute Gasteiger partial charge is 0.376 e. The highest BCUT2D eigenvalue weighted by atomic mass is 35.5. The Morgan fingerprint density at radius 1 is 1.41 bits per heavy atom. The number of nitrogens with one attached hydrogen (secondary N) is 2. The second-order valence-corrected chi connectivity index (χ2v) is 5.60. The van der Waals surface area contributed by atoms with Crippen molar-refractivity contribution >= 4 is 29.1 Å². The van der Waals surface area contributed by atoms with Gasteiger partial charge in [0.05, 0.1) is 50.5 Å². The largest absolute Gasteiger partial charge is 0.460 e. The quantitative estimate of drug-likeness (QED) is 0.367. The lowest BCUT2D eigenvalue weighted by atomic mass is 10.3. The van der Waals surface area contributed by atoms with E-state index in [2.05, 4.69) is 17.6 Å². The molecule has 0 aliphatic carbocycles. The van der Waals surface area contributed by atoms with Crippen molar-refractivity contribution < 1.29 is 14.4 Å². The lowest BCUT2D eigenvalue weighted by molar-refractivity contribution is -0.883. The Bertz CT molecular complexity index is 542. The van der Waals surface area contributed by atoms with Gasteiger partial charge in [0, 0.05) is 0 Å². The van der Waals surface area contributed by atoms with E-state index >= 15 is 0 Å². The van der Waals surface area contributed by atoms with Crippen LogP contribution in [0.1, 0.15) is 6.92 Å². The number of piperazine rings is 1. The summed E-state index contributed by atoms with van der Waals surface area (Å²) in [6, 6.07) is 7.27. The van der Waals surface area contributed by atoms with Crippen LogP contribution in [0.5, 0.6) is 0 Å². The lowest BCUT2D eigenvalue weighted by Gasteiger charge is -2.31. The van der Waals surface area contributed by atoms with Crippen LogP contribution in [0.2, 0.25) is 5.02 Å². The third-order valence-corrected chi connectivity index (χ3v) is 3.86. The van der Waals surface area contributed by atoms with Crippen LogP contribution in [-0.4, -0.2) is 56.5 Å². The van der Waals surface area contributed by atoms with Crippen LogP contribution >= 0.6 is 11.6 Å². The third-order valence-electron chi connectivity index (χ3n) is 3.53. The summed E-state index contributed by atoms with van der Waals surface area (Å²) in [6.45, 7) is 5.57. The molecule has 7 heteroatoms. The molecule has 1 aromatic carbocycles. The Labute approximate surface area is 135 Å². The number of rotatable bonds is 3. The van der Waals surface area contributed by atoms with E-state index in [9.17, 15) is 4.79 Å². The molecular formula is C15H22ClN4O2+. The Morgan fingerprint density at radius 3 is 2.73 bits per heavy atom. The third kappa shape index (κ3) is 4.35. The predicted molar refractivity (Wildman–Crippen MR) is 87.3 cm³/mol. The van der Waals surface area contributed by atoms with Crippen molar-refractivity contribution in [2.24, 2.45) is 5.10 Å². The molecule has 1 heterocycles. The number of nitrogens with zero attached hydrogens (tertiary/aromatic N) is 2. The van der Waals surface area contributed by atoms with E-state index in [0.29, 0.717) is 23.2 Å². The van der Waals surface area contributed by atoms with E-state index < -0.39 is 5.97 Å². The highest BCUT2D eigenvalue weighted by Gasteiger charge is 2.26. The number of hydrogen-bond acceptors (Lipinski definition) is 4. The molecule has 0 atom stereocenters. The van der Waals surface area contributed by atoms with Crippen molar-refractivity contribution in [2.45, 2.75) is 6.92 Å². The van der Waals surface area contributed by atoms with Gasteiger partial charge < -0.3 is 14.5 Å². The van der Waals surface area contributed by atoms with Gasteiger partial charge in [0.1, 0.15) is 0 Å². The lowest BCUT2D eigenvalue weighted by Crippen LogP contribution is -3.12. The fraction of sp³-hybridized carbons (Fsp3) is 0.467. The molecule has 120 valence electrons. The van der Waals surface area contributed by atoms with Gasteiger partial charge in [-0.1, -0.05) is 23.7 Å². The standard InChI is InChI=1S/C15H21ClN4O2/c1-3-22-15(21)14(20-10-8-19(2)9-11-20)18-17-13-7-5-4-6-12(13)16/h4-7,17H,3,8-11H2,1-2H3/p+1/b18-14-. The summed E-state index contributed by atoms with van der Waals surface area (Å²) in [7, 11) is 2.14. The van der Waals surface area contributed by atoms with Crippen LogP contribution in [0.4, 0.5) is 5.69 Å². The van der Waals surface area contributed by atoms with E-state index in [1.807, 2.05) is 23.1 Å². The molecular weight excluding hydrogens is 304 g/mol. The molecule has 1 saturated heterocycles. The van der Waals surface area contributed by atoms with Gasteiger partial charge in [0.15, 0.2) is 0 Å². The Balaban J connectivity index is 2.15. The number of carbonyl (C=O) groups excluding carboxylic acids is 1. The Hall–Kier alpha value is -1.79. The summed E-state index contributed by atoms with van der Waals surface area (Å²) < 4.78 is 5.11. The predicted octanol–water partition coefficient (Wildman–Crippen LogP) is 0.459. The number of hydrogen-bond donors (Lipinski definition) is 2. The number of amidine groups is 1. The first kappa shape index (κ1) is 16.6. The SMILES string of the molecule is CCOC(=O)/C(=N/Nc1ccccc1Cl)N1CC[NH+](C)CC1. The molecule has 1 aromatic rings. The van der Waals surface area contributed by atoms with Crippen LogP contribution in [-0.2, 0) is 9.53 Å². The second kappa shape index (κ2) is 8.00. The topological polar surface area (TPSA) is 58.4 Å². The van der Waals surface area contributed by atoms with Crippen LogP contribution in [0, 0.1) is 0 Å². The van der Waals surface area contributed by atoms with Gasteiger partial charge in [-0.25, -0.2) is 4.79 Å². The highest BCUT2D eigenvalue weighted by Crippen LogP contribution is 2.20. The first-order valence-electron chi connectivity index (χ1n) is 7.43. The highest BCUT2D eigenvalue weighted by molar-refractivity contribution is 6.35. The summed E-state index contributed by atoms with van der Waals surface area (Å²) in [6.07, 6.45) is 0. The second-order valence-electron chi connectivity index (χ2n) is 5.19. The first-order chi connectivity index (χ1) is 10.6. The van der Waals surface area contributed by atoms with Crippen molar-refractivity contribution in [3.63, 3.8) is 0 Å². The van der Waals surface area contributed by atoms with Crippen LogP contribution in [0.3, 0.4) is 0 Å². The van der Waals surface area contributed by atoms with Crippen molar-refractivity contribution in [2.75, 3.05) is 45.3 Å². The molecule has 0 spiro atoms. The molecule has 0 bridgehead atoms. The van der Waals surface area contributed by atoms with Crippen molar-refractivity contribution in [3.05, 3.63) is 29.3 Å². The number of anilines is 1. The molecule has 1 aliphatic rings. The van der Waals surface area contributed by atoms with Crippen molar-refractivity contribution in [1.82, 2.24) is 4.90 Å². The molecule has 22 heavy (non-hydrogen) atoms. The minimum atomic E-state index is -0.415. The normalized spacial score (nSPS) is 16.5. The maximum Gasteiger partial charge on any atom is 0.376 e. The van der Waals surface area contributed by atoms with Gasteiger partial charge in [-0.05, 0) is 19.1 Å². The van der Waals surface area contributed by atoms with Crippen LogP contribution in [0.25, 0.3) is 0 Å². The zero-order chi connectivity index (χ0) is 15.9. The van der Waals surface area contributed by atoms with Crippen LogP contribution < -0.4 is 10.3 Å². The van der Waals surface area contributed by atoms with Gasteiger partial charge in [0.25, 0.3) is 0 Å². The van der Waals surface area contributed by atoms with E-state index in [0.717, 1.165) is 26.2 Å². The van der Waals surface area contributed by atoms with Gasteiger partial charge in [-0.3, -0.25) is 5.43 Å².